The van der Waals surface area contributed by atoms with Gasteiger partial charge in [0.25, 0.3) is 0 Å². The lowest BCUT2D eigenvalue weighted by Crippen LogP contribution is -2.00. The molecule has 2 atom stereocenters. The summed E-state index contributed by atoms with van der Waals surface area (Å²) in [7, 11) is 0. The van der Waals surface area contributed by atoms with E-state index in [1.807, 2.05) is 6.08 Å². The zero-order chi connectivity index (χ0) is 9.40. The van der Waals surface area contributed by atoms with Gasteiger partial charge in [-0.3, -0.25) is 4.79 Å². The van der Waals surface area contributed by atoms with Gasteiger partial charge in [-0.1, -0.05) is 39.7 Å². The van der Waals surface area contributed by atoms with Crippen LogP contribution in [0.2, 0.25) is 0 Å². The van der Waals surface area contributed by atoms with Crippen LogP contribution in [0.4, 0.5) is 0 Å². The predicted molar refractivity (Wildman–Crippen MR) is 53.1 cm³/mol. The highest BCUT2D eigenvalue weighted by Gasteiger charge is 2.04. The molecule has 0 rings (SSSR count). The minimum atomic E-state index is 0.539. The molecule has 0 aromatic rings. The van der Waals surface area contributed by atoms with E-state index in [-0.39, 0.29) is 0 Å². The number of aldehydes is 1. The molecule has 0 saturated heterocycles. The van der Waals surface area contributed by atoms with Gasteiger partial charge in [0.15, 0.2) is 0 Å². The van der Waals surface area contributed by atoms with E-state index in [9.17, 15) is 4.79 Å². The summed E-state index contributed by atoms with van der Waals surface area (Å²) in [6.07, 6.45) is 8.17. The second kappa shape index (κ2) is 7.08. The summed E-state index contributed by atoms with van der Waals surface area (Å²) in [4.78, 5) is 10.0. The first kappa shape index (κ1) is 11.4. The molecule has 0 aromatic carbocycles. The number of carbonyl (C=O) groups is 1. The first-order valence-electron chi connectivity index (χ1n) is 4.82. The van der Waals surface area contributed by atoms with Gasteiger partial charge in [-0.2, -0.15) is 0 Å². The lowest BCUT2D eigenvalue weighted by atomic mass is 9.94. The van der Waals surface area contributed by atoms with Crippen molar-refractivity contribution < 1.29 is 4.79 Å². The van der Waals surface area contributed by atoms with Gasteiger partial charge in [0.1, 0.15) is 6.29 Å². The Morgan fingerprint density at radius 3 is 2.50 bits per heavy atom. The highest BCUT2D eigenvalue weighted by molar-refractivity contribution is 5.64. The van der Waals surface area contributed by atoms with E-state index in [1.54, 1.807) is 6.08 Å². The number of hydrogen-bond donors (Lipinski definition) is 0. The van der Waals surface area contributed by atoms with Crippen LogP contribution in [0, 0.1) is 11.8 Å². The largest absolute Gasteiger partial charge is 0.299 e. The van der Waals surface area contributed by atoms with Gasteiger partial charge in [-0.05, 0) is 24.3 Å². The monoisotopic (exact) mass is 168 g/mol. The molecule has 1 nitrogen and oxygen atoms in total. The van der Waals surface area contributed by atoms with Crippen LogP contribution in [0.5, 0.6) is 0 Å². The third-order valence-corrected chi connectivity index (χ3v) is 2.07. The molecule has 0 N–H and O–H groups in total. The Labute approximate surface area is 75.9 Å². The highest BCUT2D eigenvalue weighted by atomic mass is 16.1. The van der Waals surface area contributed by atoms with Gasteiger partial charge in [0.05, 0.1) is 0 Å². The summed E-state index contributed by atoms with van der Waals surface area (Å²) in [5.74, 6) is 1.32. The maximum atomic E-state index is 10.0. The van der Waals surface area contributed by atoms with Crippen LogP contribution in [-0.2, 0) is 4.79 Å². The molecule has 0 aliphatic carbocycles. The summed E-state index contributed by atoms with van der Waals surface area (Å²) in [6, 6.07) is 0. The molecule has 0 aromatic heterocycles. The van der Waals surface area contributed by atoms with Gasteiger partial charge in [0.2, 0.25) is 0 Å². The van der Waals surface area contributed by atoms with Crippen LogP contribution in [-0.4, -0.2) is 6.29 Å². The van der Waals surface area contributed by atoms with Crippen LogP contribution in [0.25, 0.3) is 0 Å². The Hall–Kier alpha value is -0.590. The van der Waals surface area contributed by atoms with E-state index in [0.29, 0.717) is 5.92 Å². The quantitative estimate of drug-likeness (QED) is 0.439. The Bertz CT molecular complexity index is 138. The van der Waals surface area contributed by atoms with Crippen molar-refractivity contribution in [3.8, 4) is 0 Å². The average Bonchev–Trinajstić information content (AvgIpc) is 2.01. The lowest BCUT2D eigenvalue weighted by molar-refractivity contribution is -0.104. The Morgan fingerprint density at radius 1 is 1.33 bits per heavy atom. The molecule has 0 amide bonds. The molecule has 0 spiro atoms. The van der Waals surface area contributed by atoms with Crippen LogP contribution < -0.4 is 0 Å². The second-order valence-electron chi connectivity index (χ2n) is 3.63. The predicted octanol–water partition coefficient (Wildman–Crippen LogP) is 3.20. The maximum absolute atomic E-state index is 10.0. The van der Waals surface area contributed by atoms with Gasteiger partial charge in [-0.15, -0.1) is 0 Å². The minimum absolute atomic E-state index is 0.539. The zero-order valence-electron chi connectivity index (χ0n) is 8.42. The molecule has 0 radical (unpaired) electrons. The number of rotatable bonds is 6. The van der Waals surface area contributed by atoms with Gasteiger partial charge in [0, 0.05) is 0 Å². The van der Waals surface area contributed by atoms with Crippen molar-refractivity contribution >= 4 is 6.29 Å². The summed E-state index contributed by atoms with van der Waals surface area (Å²) >= 11 is 0. The normalized spacial score (nSPS) is 16.2. The Balaban J connectivity index is 3.59. The van der Waals surface area contributed by atoms with Crippen LogP contribution in [0.15, 0.2) is 12.2 Å². The average molecular weight is 168 g/mol. The smallest absolute Gasteiger partial charge is 0.142 e. The summed E-state index contributed by atoms with van der Waals surface area (Å²) in [5.41, 5.74) is 0. The van der Waals surface area contributed by atoms with Crippen molar-refractivity contribution in [2.75, 3.05) is 0 Å². The van der Waals surface area contributed by atoms with Crippen molar-refractivity contribution in [2.45, 2.75) is 40.0 Å². The van der Waals surface area contributed by atoms with E-state index in [4.69, 9.17) is 0 Å². The van der Waals surface area contributed by atoms with Crippen molar-refractivity contribution in [3.05, 3.63) is 12.2 Å². The summed E-state index contributed by atoms with van der Waals surface area (Å²) in [6.45, 7) is 6.64. The number of carbonyl (C=O) groups excluding carboxylic acids is 1. The standard InChI is InChI=1S/C11H20O/c1-4-6-10(2)9-11(3)7-5-8-12/h5,7-8,10-11H,4,6,9H2,1-3H3. The van der Waals surface area contributed by atoms with E-state index in [2.05, 4.69) is 20.8 Å². The molecule has 0 heterocycles. The fraction of sp³-hybridized carbons (Fsp3) is 0.727. The fourth-order valence-electron chi connectivity index (χ4n) is 1.56. The van der Waals surface area contributed by atoms with Crippen molar-refractivity contribution in [1.29, 1.82) is 0 Å². The van der Waals surface area contributed by atoms with Crippen molar-refractivity contribution in [1.82, 2.24) is 0 Å². The number of hydrogen-bond acceptors (Lipinski definition) is 1. The fourth-order valence-corrected chi connectivity index (χ4v) is 1.56. The molecule has 0 saturated carbocycles. The summed E-state index contributed by atoms with van der Waals surface area (Å²) < 4.78 is 0. The Morgan fingerprint density at radius 2 is 2.00 bits per heavy atom. The van der Waals surface area contributed by atoms with Gasteiger partial charge >= 0.3 is 0 Å². The molecule has 0 aliphatic heterocycles. The SMILES string of the molecule is CCCC(C)CC(C)C=CC=O. The van der Waals surface area contributed by atoms with Crippen molar-refractivity contribution in [3.63, 3.8) is 0 Å². The Kier molecular flexibility index (Phi) is 6.73. The zero-order valence-corrected chi connectivity index (χ0v) is 8.42. The van der Waals surface area contributed by atoms with Crippen LogP contribution >= 0.6 is 0 Å². The molecular formula is C11H20O. The molecule has 0 aliphatic rings. The third-order valence-electron chi connectivity index (χ3n) is 2.07. The third kappa shape index (κ3) is 6.14. The molecule has 0 bridgehead atoms. The highest BCUT2D eigenvalue weighted by Crippen LogP contribution is 2.17. The molecule has 2 unspecified atom stereocenters. The van der Waals surface area contributed by atoms with Crippen LogP contribution in [0.3, 0.4) is 0 Å². The first-order chi connectivity index (χ1) is 5.70. The topological polar surface area (TPSA) is 17.1 Å². The minimum Gasteiger partial charge on any atom is -0.299 e. The van der Waals surface area contributed by atoms with Gasteiger partial charge in [-0.25, -0.2) is 0 Å². The molecule has 0 fully saturated rings. The molecule has 1 heteroatoms. The van der Waals surface area contributed by atoms with E-state index in [1.165, 1.54) is 19.3 Å². The summed E-state index contributed by atoms with van der Waals surface area (Å²) in [5, 5.41) is 0. The molecular weight excluding hydrogens is 148 g/mol. The lowest BCUT2D eigenvalue weighted by Gasteiger charge is -2.12. The van der Waals surface area contributed by atoms with Crippen LogP contribution in [0.1, 0.15) is 40.0 Å². The van der Waals surface area contributed by atoms with E-state index in [0.717, 1.165) is 12.2 Å². The van der Waals surface area contributed by atoms with E-state index < -0.39 is 0 Å². The molecule has 12 heavy (non-hydrogen) atoms. The maximum Gasteiger partial charge on any atom is 0.142 e. The first-order valence-corrected chi connectivity index (χ1v) is 4.82. The molecule has 70 valence electrons. The number of allylic oxidation sites excluding steroid dienone is 2. The second-order valence-corrected chi connectivity index (χ2v) is 3.63. The van der Waals surface area contributed by atoms with Crippen molar-refractivity contribution in [2.24, 2.45) is 11.8 Å². The van der Waals surface area contributed by atoms with E-state index >= 15 is 0 Å². The van der Waals surface area contributed by atoms with Gasteiger partial charge < -0.3 is 0 Å².